The average Bonchev–Trinajstić information content (AvgIpc) is 2.40. The number of rotatable bonds is 4. The second-order valence-electron chi connectivity index (χ2n) is 4.21. The van der Waals surface area contributed by atoms with Gasteiger partial charge in [-0.3, -0.25) is 4.79 Å². The molecule has 7 nitrogen and oxygen atoms in total. The number of nitrogens with two attached hydrogens (primary N) is 2. The zero-order valence-electron chi connectivity index (χ0n) is 11.4. The zero-order chi connectivity index (χ0) is 16.3. The second-order valence-corrected chi connectivity index (χ2v) is 6.36. The summed E-state index contributed by atoms with van der Waals surface area (Å²) >= 11 is 12.9. The van der Waals surface area contributed by atoms with E-state index in [0.717, 1.165) is 11.8 Å². The van der Waals surface area contributed by atoms with E-state index in [0.29, 0.717) is 15.7 Å². The first-order valence-corrected chi connectivity index (χ1v) is 7.68. The van der Waals surface area contributed by atoms with Gasteiger partial charge in [0.25, 0.3) is 0 Å². The summed E-state index contributed by atoms with van der Waals surface area (Å²) in [6, 6.07) is 4.80. The molecule has 2 aromatic rings. The van der Waals surface area contributed by atoms with Gasteiger partial charge in [0, 0.05) is 5.02 Å². The summed E-state index contributed by atoms with van der Waals surface area (Å²) in [5.41, 5.74) is 11.4. The highest BCUT2D eigenvalue weighted by Crippen LogP contribution is 2.27. The van der Waals surface area contributed by atoms with Gasteiger partial charge < -0.3 is 16.8 Å². The number of aromatic nitrogens is 3. The van der Waals surface area contributed by atoms with Crippen molar-refractivity contribution in [2.45, 2.75) is 17.3 Å². The van der Waals surface area contributed by atoms with E-state index in [1.807, 2.05) is 0 Å². The van der Waals surface area contributed by atoms with Crippen LogP contribution in [0.4, 0.5) is 17.6 Å². The molecule has 1 heterocycles. The maximum atomic E-state index is 12.2. The van der Waals surface area contributed by atoms with Crippen molar-refractivity contribution >= 4 is 58.5 Å². The maximum absolute atomic E-state index is 12.2. The molecule has 0 saturated heterocycles. The summed E-state index contributed by atoms with van der Waals surface area (Å²) in [6.45, 7) is 1.69. The van der Waals surface area contributed by atoms with Crippen LogP contribution >= 0.6 is 35.0 Å². The van der Waals surface area contributed by atoms with Gasteiger partial charge >= 0.3 is 0 Å². The minimum atomic E-state index is -0.493. The number of carbonyl (C=O) groups is 1. The molecule has 0 spiro atoms. The van der Waals surface area contributed by atoms with E-state index in [1.54, 1.807) is 25.1 Å². The van der Waals surface area contributed by atoms with Crippen LogP contribution in [0.3, 0.4) is 0 Å². The van der Waals surface area contributed by atoms with Gasteiger partial charge in [0.1, 0.15) is 0 Å². The summed E-state index contributed by atoms with van der Waals surface area (Å²) in [6.07, 6.45) is 0. The Kier molecular flexibility index (Phi) is 5.28. The number of nitrogens with one attached hydrogen (secondary N) is 1. The predicted molar refractivity (Wildman–Crippen MR) is 89.1 cm³/mol. The van der Waals surface area contributed by atoms with Crippen molar-refractivity contribution in [2.24, 2.45) is 0 Å². The van der Waals surface area contributed by atoms with E-state index >= 15 is 0 Å². The van der Waals surface area contributed by atoms with Crippen LogP contribution in [0.5, 0.6) is 0 Å². The number of hydrogen-bond acceptors (Lipinski definition) is 7. The van der Waals surface area contributed by atoms with Crippen LogP contribution in [0, 0.1) is 0 Å². The Morgan fingerprint density at radius 2 is 1.86 bits per heavy atom. The molecule has 2 rings (SSSR count). The first-order valence-electron chi connectivity index (χ1n) is 6.04. The van der Waals surface area contributed by atoms with Crippen molar-refractivity contribution in [1.82, 2.24) is 15.0 Å². The normalized spacial score (nSPS) is 12.0. The van der Waals surface area contributed by atoms with Gasteiger partial charge in [0.15, 0.2) is 5.16 Å². The Hall–Kier alpha value is -1.77. The number of anilines is 3. The van der Waals surface area contributed by atoms with Crippen molar-refractivity contribution in [2.75, 3.05) is 16.8 Å². The standard InChI is InChI=1S/C12H12Cl2N6OS/c1-5(22-12-19-10(15)18-11(16)20-12)9(21)17-8-3-2-6(13)4-7(8)14/h2-5H,1H3,(H,17,21)(H4,15,16,18,19,20)/t5-/m1/s1. The first kappa shape index (κ1) is 16.6. The van der Waals surface area contributed by atoms with E-state index in [2.05, 4.69) is 20.3 Å². The molecule has 0 unspecified atom stereocenters. The number of hydrogen-bond donors (Lipinski definition) is 3. The fourth-order valence-corrected chi connectivity index (χ4v) is 2.71. The third kappa shape index (κ3) is 4.36. The monoisotopic (exact) mass is 358 g/mol. The second kappa shape index (κ2) is 6.99. The van der Waals surface area contributed by atoms with Crippen molar-refractivity contribution < 1.29 is 4.79 Å². The molecule has 0 aliphatic rings. The van der Waals surface area contributed by atoms with Crippen LogP contribution in [0.1, 0.15) is 6.92 Å². The van der Waals surface area contributed by atoms with Gasteiger partial charge in [-0.05, 0) is 25.1 Å². The van der Waals surface area contributed by atoms with Crippen molar-refractivity contribution in [1.29, 1.82) is 0 Å². The van der Waals surface area contributed by atoms with Gasteiger partial charge in [-0.1, -0.05) is 35.0 Å². The Labute approximate surface area is 140 Å². The molecule has 22 heavy (non-hydrogen) atoms. The number of benzene rings is 1. The number of halogens is 2. The summed E-state index contributed by atoms with van der Waals surface area (Å²) in [7, 11) is 0. The fourth-order valence-electron chi connectivity index (χ4n) is 1.48. The lowest BCUT2D eigenvalue weighted by molar-refractivity contribution is -0.115. The van der Waals surface area contributed by atoms with Crippen LogP contribution < -0.4 is 16.8 Å². The van der Waals surface area contributed by atoms with Gasteiger partial charge in [0.2, 0.25) is 17.8 Å². The van der Waals surface area contributed by atoms with Crippen LogP contribution in [0.25, 0.3) is 0 Å². The van der Waals surface area contributed by atoms with E-state index < -0.39 is 5.25 Å². The lowest BCUT2D eigenvalue weighted by atomic mass is 10.3. The predicted octanol–water partition coefficient (Wildman–Crippen LogP) is 2.46. The molecule has 10 heteroatoms. The highest BCUT2D eigenvalue weighted by molar-refractivity contribution is 8.00. The van der Waals surface area contributed by atoms with Crippen molar-refractivity contribution in [3.05, 3.63) is 28.2 Å². The van der Waals surface area contributed by atoms with Gasteiger partial charge in [-0.2, -0.15) is 15.0 Å². The molecule has 116 valence electrons. The molecule has 1 atom stereocenters. The van der Waals surface area contributed by atoms with E-state index in [9.17, 15) is 4.79 Å². The Bertz CT molecular complexity index is 694. The molecule has 0 bridgehead atoms. The Balaban J connectivity index is 2.05. The first-order chi connectivity index (χ1) is 10.3. The van der Waals surface area contributed by atoms with Gasteiger partial charge in [0.05, 0.1) is 16.0 Å². The smallest absolute Gasteiger partial charge is 0.237 e. The van der Waals surface area contributed by atoms with E-state index in [1.165, 1.54) is 0 Å². The molecule has 1 amide bonds. The van der Waals surface area contributed by atoms with Crippen molar-refractivity contribution in [3.63, 3.8) is 0 Å². The average molecular weight is 359 g/mol. The minimum Gasteiger partial charge on any atom is -0.368 e. The Morgan fingerprint density at radius 1 is 1.23 bits per heavy atom. The van der Waals surface area contributed by atoms with Crippen molar-refractivity contribution in [3.8, 4) is 0 Å². The number of thioether (sulfide) groups is 1. The fraction of sp³-hybridized carbons (Fsp3) is 0.167. The number of nitrogens with zero attached hydrogens (tertiary/aromatic N) is 3. The lowest BCUT2D eigenvalue weighted by Gasteiger charge is -2.12. The third-order valence-electron chi connectivity index (χ3n) is 2.49. The number of nitrogen functional groups attached to an aromatic ring is 2. The third-order valence-corrected chi connectivity index (χ3v) is 4.00. The summed E-state index contributed by atoms with van der Waals surface area (Å²) < 4.78 is 0. The molecule has 5 N–H and O–H groups in total. The zero-order valence-corrected chi connectivity index (χ0v) is 13.7. The molecule has 1 aromatic carbocycles. The molecular weight excluding hydrogens is 347 g/mol. The van der Waals surface area contributed by atoms with Gasteiger partial charge in [-0.15, -0.1) is 0 Å². The van der Waals surface area contributed by atoms with E-state index in [-0.39, 0.29) is 23.0 Å². The van der Waals surface area contributed by atoms with Crippen LogP contribution in [-0.2, 0) is 4.79 Å². The van der Waals surface area contributed by atoms with Crippen LogP contribution in [0.2, 0.25) is 10.0 Å². The van der Waals surface area contributed by atoms with Crippen LogP contribution in [-0.4, -0.2) is 26.1 Å². The molecule has 1 aromatic heterocycles. The van der Waals surface area contributed by atoms with Gasteiger partial charge in [-0.25, -0.2) is 0 Å². The van der Waals surface area contributed by atoms with E-state index in [4.69, 9.17) is 34.7 Å². The Morgan fingerprint density at radius 3 is 2.45 bits per heavy atom. The molecule has 0 aliphatic heterocycles. The summed E-state index contributed by atoms with van der Waals surface area (Å²) in [5.74, 6) is -0.265. The molecule has 0 saturated carbocycles. The van der Waals surface area contributed by atoms with Crippen LogP contribution in [0.15, 0.2) is 23.4 Å². The number of amides is 1. The largest absolute Gasteiger partial charge is 0.368 e. The quantitative estimate of drug-likeness (QED) is 0.717. The maximum Gasteiger partial charge on any atom is 0.237 e. The molecule has 0 radical (unpaired) electrons. The molecule has 0 fully saturated rings. The minimum absolute atomic E-state index is 0.00311. The summed E-state index contributed by atoms with van der Waals surface area (Å²) in [4.78, 5) is 23.6. The SMILES string of the molecule is C[C@@H](Sc1nc(N)nc(N)n1)C(=O)Nc1ccc(Cl)cc1Cl. The summed E-state index contributed by atoms with van der Waals surface area (Å²) in [5, 5.41) is 3.32. The topological polar surface area (TPSA) is 120 Å². The lowest BCUT2D eigenvalue weighted by Crippen LogP contribution is -2.23. The molecular formula is C12H12Cl2N6OS. The number of carbonyl (C=O) groups excluding carboxylic acids is 1. The highest BCUT2D eigenvalue weighted by atomic mass is 35.5. The molecule has 0 aliphatic carbocycles. The highest BCUT2D eigenvalue weighted by Gasteiger charge is 2.18.